The Hall–Kier alpha value is -6.07. The number of nitrogens with one attached hydrogen (secondary N) is 3. The smallest absolute Gasteiger partial charge is 0.317 e. The maximum absolute atomic E-state index is 13.3. The average Bonchev–Trinajstić information content (AvgIpc) is 3.78. The third-order valence-electron chi connectivity index (χ3n) is 11.2. The number of hydrogen-bond donors (Lipinski definition) is 6. The van der Waals surface area contributed by atoms with Crippen LogP contribution in [0, 0.1) is 11.3 Å². The number of carboxylic acids is 3. The average molecular weight is 971 g/mol. The van der Waals surface area contributed by atoms with Gasteiger partial charge in [-0.2, -0.15) is 5.26 Å². The molecular formula is C45H66N10O14. The molecule has 69 heavy (non-hydrogen) atoms. The lowest BCUT2D eigenvalue weighted by Crippen LogP contribution is -2.56. The van der Waals surface area contributed by atoms with E-state index in [0.717, 1.165) is 6.42 Å². The van der Waals surface area contributed by atoms with Crippen LogP contribution in [0.4, 0.5) is 0 Å². The van der Waals surface area contributed by atoms with Crippen LogP contribution in [-0.2, 0) is 43.0 Å². The first-order valence-corrected chi connectivity index (χ1v) is 22.9. The van der Waals surface area contributed by atoms with E-state index < -0.39 is 35.4 Å². The number of carbonyl (C=O) groups excluding carboxylic acids is 4. The van der Waals surface area contributed by atoms with E-state index in [9.17, 15) is 54.1 Å². The van der Waals surface area contributed by atoms with Crippen LogP contribution in [0.2, 0.25) is 0 Å². The Kier molecular flexibility index (Phi) is 23.4. The molecule has 2 aliphatic rings. The molecule has 4 amide bonds. The quantitative estimate of drug-likeness (QED) is 0.0578. The minimum atomic E-state index is -1.25. The fourth-order valence-electron chi connectivity index (χ4n) is 7.63. The maximum atomic E-state index is 13.3. The predicted octanol–water partition coefficient (Wildman–Crippen LogP) is -1.61. The van der Waals surface area contributed by atoms with Crippen molar-refractivity contribution in [1.29, 1.82) is 5.26 Å². The van der Waals surface area contributed by atoms with Gasteiger partial charge in [0.15, 0.2) is 6.61 Å². The Morgan fingerprint density at radius 2 is 1.19 bits per heavy atom. The third-order valence-corrected chi connectivity index (χ3v) is 11.2. The molecule has 2 aromatic rings. The van der Waals surface area contributed by atoms with E-state index in [0.29, 0.717) is 61.4 Å². The lowest BCUT2D eigenvalue weighted by molar-refractivity contribution is -0.140. The van der Waals surface area contributed by atoms with Crippen LogP contribution >= 0.6 is 0 Å². The summed E-state index contributed by atoms with van der Waals surface area (Å²) in [4.78, 5) is 98.9. The molecule has 0 saturated carbocycles. The van der Waals surface area contributed by atoms with Crippen molar-refractivity contribution in [2.75, 3.05) is 144 Å². The van der Waals surface area contributed by atoms with Crippen LogP contribution in [0.25, 0.3) is 10.9 Å². The summed E-state index contributed by atoms with van der Waals surface area (Å²) in [6, 6.07) is 8.08. The predicted molar refractivity (Wildman–Crippen MR) is 246 cm³/mol. The highest BCUT2D eigenvalue weighted by Gasteiger charge is 2.39. The van der Waals surface area contributed by atoms with Crippen molar-refractivity contribution >= 4 is 52.4 Å². The van der Waals surface area contributed by atoms with Gasteiger partial charge in [-0.1, -0.05) is 0 Å². The summed E-state index contributed by atoms with van der Waals surface area (Å²) in [6.07, 6.45) is 2.80. The molecule has 0 bridgehead atoms. The van der Waals surface area contributed by atoms with Gasteiger partial charge < -0.3 is 55.1 Å². The second kappa shape index (κ2) is 29.1. The summed E-state index contributed by atoms with van der Waals surface area (Å²) in [7, 11) is 0. The van der Waals surface area contributed by atoms with E-state index in [1.165, 1.54) is 11.1 Å². The topological polar surface area (TPSA) is 306 Å². The Balaban J connectivity index is 1.05. The summed E-state index contributed by atoms with van der Waals surface area (Å²) in [5.41, 5.74) is -0.490. The number of aromatic nitrogens is 1. The number of ether oxygens (including phenoxy) is 4. The second-order valence-electron chi connectivity index (χ2n) is 17.0. The van der Waals surface area contributed by atoms with Crippen LogP contribution < -0.4 is 20.7 Å². The molecule has 1 aromatic heterocycles. The molecule has 6 N–H and O–H groups in total. The van der Waals surface area contributed by atoms with Crippen LogP contribution in [0.1, 0.15) is 37.0 Å². The number of benzene rings is 1. The van der Waals surface area contributed by atoms with Crippen molar-refractivity contribution in [1.82, 2.24) is 45.4 Å². The number of fused-ring (bicyclic) bond motifs is 1. The highest BCUT2D eigenvalue weighted by Crippen LogP contribution is 2.25. The zero-order valence-corrected chi connectivity index (χ0v) is 39.4. The molecule has 1 atom stereocenters. The first-order chi connectivity index (χ1) is 33.0. The van der Waals surface area contributed by atoms with Gasteiger partial charge in [0.05, 0.1) is 83.0 Å². The molecule has 0 radical (unpaired) electrons. The molecule has 2 saturated heterocycles. The molecule has 380 valence electrons. The van der Waals surface area contributed by atoms with Crippen LogP contribution in [0.15, 0.2) is 30.5 Å². The summed E-state index contributed by atoms with van der Waals surface area (Å²) in [5, 5.41) is 46.4. The first-order valence-electron chi connectivity index (χ1n) is 22.9. The van der Waals surface area contributed by atoms with E-state index >= 15 is 0 Å². The van der Waals surface area contributed by atoms with Gasteiger partial charge >= 0.3 is 17.9 Å². The number of likely N-dealkylation sites (tertiary alicyclic amines) is 1. The number of carbonyl (C=O) groups is 7. The summed E-state index contributed by atoms with van der Waals surface area (Å²) < 4.78 is 22.2. The van der Waals surface area contributed by atoms with Gasteiger partial charge in [-0.3, -0.25) is 58.1 Å². The molecule has 4 rings (SSSR count). The number of nitrogens with zero attached hydrogens (tertiary/aromatic N) is 7. The van der Waals surface area contributed by atoms with E-state index in [-0.39, 0.29) is 129 Å². The van der Waals surface area contributed by atoms with E-state index in [4.69, 9.17) is 18.9 Å². The lowest BCUT2D eigenvalue weighted by atomic mass is 10.0. The van der Waals surface area contributed by atoms with Gasteiger partial charge in [-0.15, -0.1) is 0 Å². The molecule has 2 fully saturated rings. The van der Waals surface area contributed by atoms with Crippen molar-refractivity contribution in [3.63, 3.8) is 0 Å². The second-order valence-corrected chi connectivity index (χ2v) is 17.0. The van der Waals surface area contributed by atoms with Crippen molar-refractivity contribution in [3.8, 4) is 11.8 Å². The van der Waals surface area contributed by atoms with Crippen molar-refractivity contribution in [3.05, 3.63) is 36.0 Å². The minimum Gasteiger partial charge on any atom is -0.484 e. The molecule has 0 unspecified atom stereocenters. The maximum Gasteiger partial charge on any atom is 0.317 e. The van der Waals surface area contributed by atoms with E-state index in [1.807, 2.05) is 4.90 Å². The molecule has 3 heterocycles. The van der Waals surface area contributed by atoms with Gasteiger partial charge in [0.2, 0.25) is 11.8 Å². The largest absolute Gasteiger partial charge is 0.484 e. The van der Waals surface area contributed by atoms with E-state index in [2.05, 4.69) is 27.0 Å². The monoisotopic (exact) mass is 970 g/mol. The number of amides is 4. The van der Waals surface area contributed by atoms with Gasteiger partial charge in [0.1, 0.15) is 17.3 Å². The molecule has 2 aliphatic heterocycles. The number of nitriles is 1. The summed E-state index contributed by atoms with van der Waals surface area (Å²) >= 11 is 0. The number of pyridine rings is 1. The Labute approximate surface area is 400 Å². The molecule has 0 aliphatic carbocycles. The van der Waals surface area contributed by atoms with Gasteiger partial charge in [-0.05, 0) is 44.9 Å². The highest BCUT2D eigenvalue weighted by atomic mass is 16.5. The van der Waals surface area contributed by atoms with Crippen molar-refractivity contribution in [2.45, 2.75) is 38.3 Å². The molecule has 1 aromatic carbocycles. The summed E-state index contributed by atoms with van der Waals surface area (Å²) in [5.74, 6) is -4.18. The molecule has 0 spiro atoms. The Morgan fingerprint density at radius 1 is 0.696 bits per heavy atom. The molecule has 24 heteroatoms. The molecule has 24 nitrogen and oxygen atoms in total. The van der Waals surface area contributed by atoms with Crippen molar-refractivity contribution in [2.24, 2.45) is 0 Å². The van der Waals surface area contributed by atoms with Crippen LogP contribution in [0.3, 0.4) is 0 Å². The van der Waals surface area contributed by atoms with Gasteiger partial charge in [0.25, 0.3) is 11.8 Å². The minimum absolute atomic E-state index is 0.0000356. The lowest BCUT2D eigenvalue weighted by Gasteiger charge is -2.32. The summed E-state index contributed by atoms with van der Waals surface area (Å²) in [6.45, 7) is 7.13. The Morgan fingerprint density at radius 3 is 1.70 bits per heavy atom. The van der Waals surface area contributed by atoms with Crippen LogP contribution in [0.5, 0.6) is 5.75 Å². The zero-order chi connectivity index (χ0) is 50.2. The van der Waals surface area contributed by atoms with Gasteiger partial charge in [0, 0.05) is 89.6 Å². The zero-order valence-electron chi connectivity index (χ0n) is 39.4. The number of carboxylic acid groups (broad SMARTS) is 3. The fourth-order valence-corrected chi connectivity index (χ4v) is 7.63. The molecular weight excluding hydrogens is 905 g/mol. The van der Waals surface area contributed by atoms with E-state index in [1.54, 1.807) is 52.8 Å². The fraction of sp³-hybridized carbons (Fsp3) is 0.622. The number of aliphatic carboxylic acids is 3. The SMILES string of the molecule is CC(C)(NC(=O)c1ccnc2cc(OCC(=O)NCCOCCOCCOCCNC(=O)CN3CCN(CC(=O)O)CCN(CC(=O)O)CCN(CC(=O)O)CC3)ccc12)C(=O)N1CCC[C@H]1C#N. The van der Waals surface area contributed by atoms with Crippen LogP contribution in [-0.4, -0.2) is 242 Å². The number of rotatable bonds is 26. The normalized spacial score (nSPS) is 17.0. The number of hydrogen-bond acceptors (Lipinski definition) is 17. The van der Waals surface area contributed by atoms with Gasteiger partial charge in [-0.25, -0.2) is 0 Å². The third kappa shape index (κ3) is 20.2. The standard InChI is InChI=1S/C45H66N10O14/c1-45(2,44(65)55-11-3-4-33(55)27-46)50-43(64)36-7-8-47-37-26-34(5-6-35(36)37)69-32-39(57)49-10-21-67-23-25-68-24-22-66-20-9-48-38(56)28-51-12-14-52(29-40(58)59)16-18-54(31-42(62)63)19-17-53(15-13-51)30-41(60)61/h5-8,26,33H,3-4,9-25,28-32H2,1-2H3,(H,48,56)(H,49,57)(H,50,64)(H,58,59)(H,60,61)(H,62,63)/t33-/m0/s1. The highest BCUT2D eigenvalue weighted by molar-refractivity contribution is 6.08. The first kappa shape index (κ1) is 55.5. The Bertz CT molecular complexity index is 2060. The van der Waals surface area contributed by atoms with Crippen molar-refractivity contribution < 1.29 is 67.8 Å².